The van der Waals surface area contributed by atoms with E-state index in [-0.39, 0.29) is 6.10 Å². The smallest absolute Gasteiger partial charge is 0.121 e. The van der Waals surface area contributed by atoms with Gasteiger partial charge in [-0.1, -0.05) is 31.5 Å². The number of unbranched alkanes of at least 4 members (excludes halogenated alkanes) is 1. The molecular weight excluding hydrogens is 326 g/mol. The molecule has 26 heavy (non-hydrogen) atoms. The zero-order valence-corrected chi connectivity index (χ0v) is 15.6. The van der Waals surface area contributed by atoms with Crippen molar-refractivity contribution in [2.45, 2.75) is 45.3 Å². The van der Waals surface area contributed by atoms with E-state index >= 15 is 0 Å². The molecule has 1 atom stereocenters. The standard InChI is InChI=1S/C22H29NO3/c1-2-3-13-24-20-11-9-18(10-12-20)16-23-19-6-4-7-21(15-19)26-17-22-8-5-14-25-22/h4,6-7,9-12,15,22-23H,2-3,5,8,13-14,16-17H2,1H3. The third kappa shape index (κ3) is 5.95. The van der Waals surface area contributed by atoms with Gasteiger partial charge in [0.25, 0.3) is 0 Å². The molecule has 2 aromatic carbocycles. The van der Waals surface area contributed by atoms with Gasteiger partial charge in [-0.05, 0) is 49.1 Å². The molecule has 4 heteroatoms. The van der Waals surface area contributed by atoms with Crippen molar-refractivity contribution >= 4 is 5.69 Å². The van der Waals surface area contributed by atoms with Gasteiger partial charge in [0.1, 0.15) is 18.1 Å². The summed E-state index contributed by atoms with van der Waals surface area (Å²) in [5, 5.41) is 3.45. The number of nitrogens with one attached hydrogen (secondary N) is 1. The summed E-state index contributed by atoms with van der Waals surface area (Å²) in [6.07, 6.45) is 4.71. The number of rotatable bonds is 10. The van der Waals surface area contributed by atoms with Crippen molar-refractivity contribution in [2.75, 3.05) is 25.1 Å². The van der Waals surface area contributed by atoms with Gasteiger partial charge in [0.2, 0.25) is 0 Å². The summed E-state index contributed by atoms with van der Waals surface area (Å²) in [7, 11) is 0. The molecule has 140 valence electrons. The van der Waals surface area contributed by atoms with E-state index in [1.54, 1.807) is 0 Å². The summed E-state index contributed by atoms with van der Waals surface area (Å²) in [5.41, 5.74) is 2.27. The van der Waals surface area contributed by atoms with Gasteiger partial charge >= 0.3 is 0 Å². The lowest BCUT2D eigenvalue weighted by Gasteiger charge is -2.13. The Morgan fingerprint density at radius 1 is 1.08 bits per heavy atom. The van der Waals surface area contributed by atoms with E-state index in [0.717, 1.165) is 62.6 Å². The minimum absolute atomic E-state index is 0.240. The lowest BCUT2D eigenvalue weighted by Crippen LogP contribution is -2.16. The molecule has 0 spiro atoms. The van der Waals surface area contributed by atoms with E-state index in [9.17, 15) is 0 Å². The summed E-state index contributed by atoms with van der Waals surface area (Å²) in [4.78, 5) is 0. The van der Waals surface area contributed by atoms with Crippen molar-refractivity contribution in [3.8, 4) is 11.5 Å². The molecule has 1 aliphatic rings. The van der Waals surface area contributed by atoms with E-state index < -0.39 is 0 Å². The van der Waals surface area contributed by atoms with Gasteiger partial charge in [0, 0.05) is 24.9 Å². The highest BCUT2D eigenvalue weighted by molar-refractivity contribution is 5.48. The SMILES string of the molecule is CCCCOc1ccc(CNc2cccc(OCC3CCCO3)c2)cc1. The number of ether oxygens (including phenoxy) is 3. The Morgan fingerprint density at radius 2 is 1.96 bits per heavy atom. The van der Waals surface area contributed by atoms with Gasteiger partial charge < -0.3 is 19.5 Å². The van der Waals surface area contributed by atoms with Crippen LogP contribution in [-0.2, 0) is 11.3 Å². The number of hydrogen-bond donors (Lipinski definition) is 1. The van der Waals surface area contributed by atoms with E-state index in [4.69, 9.17) is 14.2 Å². The molecule has 2 aromatic rings. The summed E-state index contributed by atoms with van der Waals surface area (Å²) < 4.78 is 17.2. The van der Waals surface area contributed by atoms with Crippen LogP contribution < -0.4 is 14.8 Å². The average molecular weight is 355 g/mol. The Kier molecular flexibility index (Phi) is 7.20. The van der Waals surface area contributed by atoms with Crippen LogP contribution >= 0.6 is 0 Å². The van der Waals surface area contributed by atoms with Crippen molar-refractivity contribution in [1.29, 1.82) is 0 Å². The Labute approximate surface area is 156 Å². The van der Waals surface area contributed by atoms with Crippen molar-refractivity contribution in [1.82, 2.24) is 0 Å². The highest BCUT2D eigenvalue weighted by Gasteiger charge is 2.15. The van der Waals surface area contributed by atoms with Gasteiger partial charge in [0.05, 0.1) is 12.7 Å². The van der Waals surface area contributed by atoms with Crippen LogP contribution in [0.2, 0.25) is 0 Å². The predicted octanol–water partition coefficient (Wildman–Crippen LogP) is 5.04. The largest absolute Gasteiger partial charge is 0.494 e. The molecule has 0 radical (unpaired) electrons. The van der Waals surface area contributed by atoms with Gasteiger partial charge in [-0.15, -0.1) is 0 Å². The topological polar surface area (TPSA) is 39.7 Å². The first kappa shape index (κ1) is 18.6. The van der Waals surface area contributed by atoms with E-state index in [0.29, 0.717) is 6.61 Å². The van der Waals surface area contributed by atoms with Crippen LogP contribution in [0.25, 0.3) is 0 Å². The molecule has 1 heterocycles. The minimum atomic E-state index is 0.240. The highest BCUT2D eigenvalue weighted by Crippen LogP contribution is 2.21. The summed E-state index contributed by atoms with van der Waals surface area (Å²) in [6.45, 7) is 5.21. The molecule has 0 saturated carbocycles. The van der Waals surface area contributed by atoms with Crippen LogP contribution in [0, 0.1) is 0 Å². The number of hydrogen-bond acceptors (Lipinski definition) is 4. The first-order valence-electron chi connectivity index (χ1n) is 9.63. The summed E-state index contributed by atoms with van der Waals surface area (Å²) >= 11 is 0. The molecular formula is C22H29NO3. The fourth-order valence-corrected chi connectivity index (χ4v) is 2.90. The van der Waals surface area contributed by atoms with Gasteiger partial charge in [-0.25, -0.2) is 0 Å². The molecule has 0 aliphatic carbocycles. The monoisotopic (exact) mass is 355 g/mol. The van der Waals surface area contributed by atoms with E-state index in [1.807, 2.05) is 30.3 Å². The Bertz CT molecular complexity index is 651. The van der Waals surface area contributed by atoms with Gasteiger partial charge in [0.15, 0.2) is 0 Å². The van der Waals surface area contributed by atoms with Crippen LogP contribution in [-0.4, -0.2) is 25.9 Å². The third-order valence-electron chi connectivity index (χ3n) is 4.48. The second-order valence-electron chi connectivity index (χ2n) is 6.67. The van der Waals surface area contributed by atoms with Crippen LogP contribution in [0.15, 0.2) is 48.5 Å². The van der Waals surface area contributed by atoms with Crippen LogP contribution in [0.4, 0.5) is 5.69 Å². The van der Waals surface area contributed by atoms with Crippen molar-refractivity contribution in [3.05, 3.63) is 54.1 Å². The first-order chi connectivity index (χ1) is 12.8. The third-order valence-corrected chi connectivity index (χ3v) is 4.48. The maximum Gasteiger partial charge on any atom is 0.121 e. The molecule has 0 amide bonds. The second kappa shape index (κ2) is 10.1. The normalized spacial score (nSPS) is 16.4. The molecule has 0 aromatic heterocycles. The van der Waals surface area contributed by atoms with Crippen LogP contribution in [0.3, 0.4) is 0 Å². The van der Waals surface area contributed by atoms with Crippen molar-refractivity contribution in [3.63, 3.8) is 0 Å². The maximum absolute atomic E-state index is 5.86. The Morgan fingerprint density at radius 3 is 2.73 bits per heavy atom. The number of anilines is 1. The zero-order valence-electron chi connectivity index (χ0n) is 15.6. The number of benzene rings is 2. The Hall–Kier alpha value is -2.20. The molecule has 1 fully saturated rings. The molecule has 1 N–H and O–H groups in total. The lowest BCUT2D eigenvalue weighted by atomic mass is 10.2. The zero-order chi connectivity index (χ0) is 18.0. The minimum Gasteiger partial charge on any atom is -0.494 e. The quantitative estimate of drug-likeness (QED) is 0.606. The first-order valence-corrected chi connectivity index (χ1v) is 9.63. The predicted molar refractivity (Wildman–Crippen MR) is 105 cm³/mol. The average Bonchev–Trinajstić information content (AvgIpc) is 3.20. The van der Waals surface area contributed by atoms with Crippen LogP contribution in [0.5, 0.6) is 11.5 Å². The molecule has 1 aliphatic heterocycles. The van der Waals surface area contributed by atoms with E-state index in [1.165, 1.54) is 5.56 Å². The molecule has 3 rings (SSSR count). The molecule has 0 bridgehead atoms. The summed E-state index contributed by atoms with van der Waals surface area (Å²) in [6, 6.07) is 16.4. The van der Waals surface area contributed by atoms with Crippen LogP contribution in [0.1, 0.15) is 38.2 Å². The second-order valence-corrected chi connectivity index (χ2v) is 6.67. The summed E-state index contributed by atoms with van der Waals surface area (Å²) in [5.74, 6) is 1.82. The van der Waals surface area contributed by atoms with Crippen molar-refractivity contribution < 1.29 is 14.2 Å². The Balaban J connectivity index is 1.45. The molecule has 1 saturated heterocycles. The molecule has 4 nitrogen and oxygen atoms in total. The molecule has 1 unspecified atom stereocenters. The van der Waals surface area contributed by atoms with Gasteiger partial charge in [-0.2, -0.15) is 0 Å². The lowest BCUT2D eigenvalue weighted by molar-refractivity contribution is 0.0680. The fourth-order valence-electron chi connectivity index (χ4n) is 2.90. The maximum atomic E-state index is 5.86. The van der Waals surface area contributed by atoms with Gasteiger partial charge in [-0.3, -0.25) is 0 Å². The fraction of sp³-hybridized carbons (Fsp3) is 0.455. The van der Waals surface area contributed by atoms with E-state index in [2.05, 4.69) is 30.4 Å². The van der Waals surface area contributed by atoms with Crippen molar-refractivity contribution in [2.24, 2.45) is 0 Å². The highest BCUT2D eigenvalue weighted by atomic mass is 16.5.